The lowest BCUT2D eigenvalue weighted by molar-refractivity contribution is -0.157. The molecular weight excluding hydrogens is 331 g/mol. The third-order valence-corrected chi connectivity index (χ3v) is 4.79. The van der Waals surface area contributed by atoms with Gasteiger partial charge in [-0.05, 0) is 36.8 Å². The van der Waals surface area contributed by atoms with E-state index in [4.69, 9.17) is 4.42 Å². The SMILES string of the molecule is Cc1csc(C(=O)N2CCC(c3nnc(C(F)(F)F)o3)CC2)c1. The summed E-state index contributed by atoms with van der Waals surface area (Å²) >= 11 is 1.40. The normalized spacial score (nSPS) is 16.8. The Morgan fingerprint density at radius 2 is 2.04 bits per heavy atom. The number of aryl methyl sites for hydroxylation is 1. The first-order chi connectivity index (χ1) is 10.8. The smallest absolute Gasteiger partial charge is 0.417 e. The zero-order chi connectivity index (χ0) is 16.6. The Bertz CT molecular complexity index is 702. The van der Waals surface area contributed by atoms with Gasteiger partial charge in [-0.2, -0.15) is 13.2 Å². The van der Waals surface area contributed by atoms with Gasteiger partial charge in [0.1, 0.15) is 0 Å². The van der Waals surface area contributed by atoms with E-state index in [9.17, 15) is 18.0 Å². The molecule has 3 heterocycles. The summed E-state index contributed by atoms with van der Waals surface area (Å²) in [5.41, 5.74) is 1.04. The van der Waals surface area contributed by atoms with Gasteiger partial charge >= 0.3 is 12.1 Å². The molecule has 1 amide bonds. The van der Waals surface area contributed by atoms with Crippen molar-refractivity contribution in [1.29, 1.82) is 0 Å². The first-order valence-electron chi connectivity index (χ1n) is 7.09. The third kappa shape index (κ3) is 3.39. The zero-order valence-electron chi connectivity index (χ0n) is 12.3. The Kier molecular flexibility index (Phi) is 4.13. The number of likely N-dealkylation sites (tertiary alicyclic amines) is 1. The number of hydrogen-bond acceptors (Lipinski definition) is 5. The molecule has 0 saturated carbocycles. The monoisotopic (exact) mass is 345 g/mol. The van der Waals surface area contributed by atoms with E-state index < -0.39 is 12.1 Å². The van der Waals surface area contributed by atoms with Gasteiger partial charge in [0.15, 0.2) is 0 Å². The van der Waals surface area contributed by atoms with Gasteiger partial charge in [0.05, 0.1) is 4.88 Å². The van der Waals surface area contributed by atoms with Gasteiger partial charge in [-0.1, -0.05) is 0 Å². The van der Waals surface area contributed by atoms with Gasteiger partial charge < -0.3 is 9.32 Å². The molecule has 1 aliphatic heterocycles. The molecule has 2 aromatic heterocycles. The predicted octanol–water partition coefficient (Wildman–Crippen LogP) is 3.48. The first kappa shape index (κ1) is 16.0. The summed E-state index contributed by atoms with van der Waals surface area (Å²) in [6.45, 7) is 2.85. The molecule has 124 valence electrons. The fraction of sp³-hybridized carbons (Fsp3) is 0.500. The molecule has 2 aromatic rings. The number of rotatable bonds is 2. The van der Waals surface area contributed by atoms with Crippen LogP contribution in [0.2, 0.25) is 0 Å². The summed E-state index contributed by atoms with van der Waals surface area (Å²) in [5, 5.41) is 8.46. The number of nitrogens with zero attached hydrogens (tertiary/aromatic N) is 3. The van der Waals surface area contributed by atoms with E-state index in [1.807, 2.05) is 18.4 Å². The van der Waals surface area contributed by atoms with Crippen molar-refractivity contribution in [3.05, 3.63) is 33.7 Å². The minimum absolute atomic E-state index is 0.00334. The number of carbonyl (C=O) groups excluding carboxylic acids is 1. The summed E-state index contributed by atoms with van der Waals surface area (Å²) in [5.74, 6) is -1.60. The van der Waals surface area contributed by atoms with Gasteiger partial charge in [0, 0.05) is 19.0 Å². The topological polar surface area (TPSA) is 59.2 Å². The minimum Gasteiger partial charge on any atom is -0.417 e. The standard InChI is InChI=1S/C14H14F3N3O2S/c1-8-6-10(23-7-8)12(21)20-4-2-9(3-5-20)11-18-19-13(22-11)14(15,16)17/h6-7,9H,2-5H2,1H3. The molecule has 0 N–H and O–H groups in total. The van der Waals surface area contributed by atoms with Gasteiger partial charge in [-0.3, -0.25) is 4.79 Å². The molecule has 9 heteroatoms. The van der Waals surface area contributed by atoms with Crippen LogP contribution >= 0.6 is 11.3 Å². The van der Waals surface area contributed by atoms with Crippen LogP contribution in [-0.4, -0.2) is 34.1 Å². The first-order valence-corrected chi connectivity index (χ1v) is 7.97. The van der Waals surface area contributed by atoms with Crippen LogP contribution in [0, 0.1) is 6.92 Å². The lowest BCUT2D eigenvalue weighted by Gasteiger charge is -2.30. The van der Waals surface area contributed by atoms with Crippen molar-refractivity contribution in [3.8, 4) is 0 Å². The lowest BCUT2D eigenvalue weighted by Crippen LogP contribution is -2.37. The number of aromatic nitrogens is 2. The second-order valence-corrected chi connectivity index (χ2v) is 6.41. The number of hydrogen-bond donors (Lipinski definition) is 0. The Balaban J connectivity index is 1.62. The minimum atomic E-state index is -4.63. The Morgan fingerprint density at radius 1 is 1.35 bits per heavy atom. The van der Waals surface area contributed by atoms with E-state index in [1.165, 1.54) is 11.3 Å². The summed E-state index contributed by atoms with van der Waals surface area (Å²) in [6, 6.07) is 1.84. The van der Waals surface area contributed by atoms with E-state index in [-0.39, 0.29) is 17.7 Å². The molecule has 1 aliphatic rings. The van der Waals surface area contributed by atoms with Crippen LogP contribution in [0.3, 0.4) is 0 Å². The summed E-state index contributed by atoms with van der Waals surface area (Å²) in [6.07, 6.45) is -3.61. The molecule has 0 atom stereocenters. The van der Waals surface area contributed by atoms with Crippen molar-refractivity contribution in [2.45, 2.75) is 31.9 Å². The van der Waals surface area contributed by atoms with Gasteiger partial charge in [-0.25, -0.2) is 0 Å². The van der Waals surface area contributed by atoms with Crippen LogP contribution in [-0.2, 0) is 6.18 Å². The van der Waals surface area contributed by atoms with Crippen LogP contribution in [0.4, 0.5) is 13.2 Å². The van der Waals surface area contributed by atoms with Crippen molar-refractivity contribution in [3.63, 3.8) is 0 Å². The maximum atomic E-state index is 12.5. The van der Waals surface area contributed by atoms with Gasteiger partial charge in [0.25, 0.3) is 5.91 Å². The van der Waals surface area contributed by atoms with Crippen molar-refractivity contribution in [1.82, 2.24) is 15.1 Å². The number of amides is 1. The van der Waals surface area contributed by atoms with E-state index in [0.717, 1.165) is 5.56 Å². The average Bonchev–Trinajstić information content (AvgIpc) is 3.15. The summed E-state index contributed by atoms with van der Waals surface area (Å²) < 4.78 is 42.2. The molecule has 1 saturated heterocycles. The van der Waals surface area contributed by atoms with E-state index in [2.05, 4.69) is 10.2 Å². The molecule has 0 radical (unpaired) electrons. The predicted molar refractivity (Wildman–Crippen MR) is 76.2 cm³/mol. The van der Waals surface area contributed by atoms with Crippen LogP contribution in [0.5, 0.6) is 0 Å². The quantitative estimate of drug-likeness (QED) is 0.836. The highest BCUT2D eigenvalue weighted by Crippen LogP contribution is 2.33. The van der Waals surface area contributed by atoms with Crippen molar-refractivity contribution in [2.75, 3.05) is 13.1 Å². The lowest BCUT2D eigenvalue weighted by atomic mass is 9.97. The highest BCUT2D eigenvalue weighted by atomic mass is 32.1. The molecule has 3 rings (SSSR count). The third-order valence-electron chi connectivity index (χ3n) is 3.76. The maximum Gasteiger partial charge on any atom is 0.470 e. The van der Waals surface area contributed by atoms with Gasteiger partial charge in [0.2, 0.25) is 5.89 Å². The highest BCUT2D eigenvalue weighted by Gasteiger charge is 2.39. The van der Waals surface area contributed by atoms with Crippen LogP contribution in [0.15, 0.2) is 15.9 Å². The number of carbonyl (C=O) groups is 1. The summed E-state index contributed by atoms with van der Waals surface area (Å²) in [7, 11) is 0. The molecule has 0 aromatic carbocycles. The fourth-order valence-electron chi connectivity index (χ4n) is 2.54. The number of thiophene rings is 1. The van der Waals surface area contributed by atoms with Crippen molar-refractivity contribution < 1.29 is 22.4 Å². The Labute approximate surface area is 134 Å². The molecular formula is C14H14F3N3O2S. The molecule has 5 nitrogen and oxygen atoms in total. The molecule has 23 heavy (non-hydrogen) atoms. The van der Waals surface area contributed by atoms with Gasteiger partial charge in [-0.15, -0.1) is 21.5 Å². The van der Waals surface area contributed by atoms with Crippen LogP contribution in [0.25, 0.3) is 0 Å². The maximum absolute atomic E-state index is 12.5. The van der Waals surface area contributed by atoms with E-state index in [1.54, 1.807) is 4.90 Å². The molecule has 0 unspecified atom stereocenters. The summed E-state index contributed by atoms with van der Waals surface area (Å²) in [4.78, 5) is 14.7. The zero-order valence-corrected chi connectivity index (χ0v) is 13.1. The molecule has 0 bridgehead atoms. The molecule has 0 aliphatic carbocycles. The second kappa shape index (κ2) is 5.95. The van der Waals surface area contributed by atoms with Crippen LogP contribution < -0.4 is 0 Å². The molecule has 1 fully saturated rings. The average molecular weight is 345 g/mol. The number of alkyl halides is 3. The van der Waals surface area contributed by atoms with Crippen LogP contribution in [0.1, 0.15) is 45.8 Å². The number of halogens is 3. The Morgan fingerprint density at radius 3 is 2.57 bits per heavy atom. The fourth-order valence-corrected chi connectivity index (χ4v) is 3.41. The largest absolute Gasteiger partial charge is 0.470 e. The van der Waals surface area contributed by atoms with Crippen molar-refractivity contribution >= 4 is 17.2 Å². The second-order valence-electron chi connectivity index (χ2n) is 5.50. The van der Waals surface area contributed by atoms with E-state index in [0.29, 0.717) is 30.8 Å². The highest BCUT2D eigenvalue weighted by molar-refractivity contribution is 7.12. The Hall–Kier alpha value is -1.90. The number of piperidine rings is 1. The van der Waals surface area contributed by atoms with Crippen molar-refractivity contribution in [2.24, 2.45) is 0 Å². The molecule has 0 spiro atoms. The van der Waals surface area contributed by atoms with E-state index >= 15 is 0 Å².